The van der Waals surface area contributed by atoms with Crippen LogP contribution in [0.4, 0.5) is 0 Å². The molecule has 100 valence electrons. The molecule has 0 aromatic heterocycles. The molecule has 0 spiro atoms. The van der Waals surface area contributed by atoms with E-state index in [1.165, 1.54) is 22.3 Å². The third-order valence-corrected chi connectivity index (χ3v) is 3.11. The van der Waals surface area contributed by atoms with E-state index in [1.54, 1.807) is 0 Å². The number of hydrogen-bond donors (Lipinski definition) is 1. The van der Waals surface area contributed by atoms with Gasteiger partial charge in [-0.25, -0.2) is 0 Å². The Morgan fingerprint density at radius 1 is 0.895 bits per heavy atom. The molecule has 2 aromatic carbocycles. The van der Waals surface area contributed by atoms with Crippen LogP contribution in [0, 0.1) is 20.8 Å². The summed E-state index contributed by atoms with van der Waals surface area (Å²) in [4.78, 5) is 0. The fourth-order valence-electron chi connectivity index (χ4n) is 2.25. The summed E-state index contributed by atoms with van der Waals surface area (Å²) < 4.78 is 5.93. The number of ether oxygens (including phenoxy) is 1. The molecule has 2 rings (SSSR count). The second-order valence-electron chi connectivity index (χ2n) is 5.04. The van der Waals surface area contributed by atoms with Crippen molar-refractivity contribution in [2.75, 3.05) is 7.05 Å². The molecule has 0 bridgehead atoms. The molecule has 0 saturated carbocycles. The summed E-state index contributed by atoms with van der Waals surface area (Å²) in [5.74, 6) is 1.79. The van der Waals surface area contributed by atoms with Crippen molar-refractivity contribution in [1.82, 2.24) is 5.32 Å². The molecule has 0 fully saturated rings. The summed E-state index contributed by atoms with van der Waals surface area (Å²) in [6, 6.07) is 12.5. The highest BCUT2D eigenvalue weighted by Crippen LogP contribution is 2.25. The summed E-state index contributed by atoms with van der Waals surface area (Å²) in [5.41, 5.74) is 4.99. The quantitative estimate of drug-likeness (QED) is 0.887. The number of aryl methyl sites for hydroxylation is 3. The van der Waals surface area contributed by atoms with Gasteiger partial charge in [0.05, 0.1) is 0 Å². The molecule has 0 heterocycles. The van der Waals surface area contributed by atoms with E-state index in [9.17, 15) is 0 Å². The largest absolute Gasteiger partial charge is 0.457 e. The van der Waals surface area contributed by atoms with Gasteiger partial charge in [0.15, 0.2) is 0 Å². The van der Waals surface area contributed by atoms with Crippen LogP contribution in [0.2, 0.25) is 0 Å². The lowest BCUT2D eigenvalue weighted by Crippen LogP contribution is -2.06. The van der Waals surface area contributed by atoms with E-state index in [1.807, 2.05) is 13.1 Å². The Morgan fingerprint density at radius 2 is 1.58 bits per heavy atom. The minimum atomic E-state index is 0.885. The van der Waals surface area contributed by atoms with Crippen LogP contribution in [-0.4, -0.2) is 7.05 Å². The maximum atomic E-state index is 5.93. The monoisotopic (exact) mass is 255 g/mol. The molecule has 0 atom stereocenters. The lowest BCUT2D eigenvalue weighted by Gasteiger charge is -2.11. The molecule has 0 unspecified atom stereocenters. The van der Waals surface area contributed by atoms with E-state index in [-0.39, 0.29) is 0 Å². The highest BCUT2D eigenvalue weighted by Gasteiger charge is 2.03. The van der Waals surface area contributed by atoms with E-state index in [4.69, 9.17) is 4.74 Å². The van der Waals surface area contributed by atoms with Gasteiger partial charge in [0.2, 0.25) is 0 Å². The Hall–Kier alpha value is -1.80. The van der Waals surface area contributed by atoms with Gasteiger partial charge in [0, 0.05) is 6.54 Å². The number of rotatable bonds is 4. The van der Waals surface area contributed by atoms with E-state index < -0.39 is 0 Å². The van der Waals surface area contributed by atoms with Gasteiger partial charge >= 0.3 is 0 Å². The maximum absolute atomic E-state index is 5.93. The van der Waals surface area contributed by atoms with Crippen molar-refractivity contribution in [3.8, 4) is 11.5 Å². The predicted molar refractivity (Wildman–Crippen MR) is 79.9 cm³/mol. The third kappa shape index (κ3) is 3.58. The fraction of sp³-hybridized carbons (Fsp3) is 0.294. The maximum Gasteiger partial charge on any atom is 0.127 e. The van der Waals surface area contributed by atoms with Crippen LogP contribution in [0.5, 0.6) is 11.5 Å². The Labute approximate surface area is 115 Å². The van der Waals surface area contributed by atoms with Gasteiger partial charge in [0.1, 0.15) is 11.5 Å². The van der Waals surface area contributed by atoms with Crippen molar-refractivity contribution in [2.45, 2.75) is 27.3 Å². The second kappa shape index (κ2) is 5.89. The van der Waals surface area contributed by atoms with Crippen LogP contribution >= 0.6 is 0 Å². The highest BCUT2D eigenvalue weighted by molar-refractivity contribution is 5.40. The molecule has 0 aliphatic rings. The van der Waals surface area contributed by atoms with Crippen LogP contribution in [0.25, 0.3) is 0 Å². The SMILES string of the molecule is CNCc1ccc(Oc2cc(C)cc(C)c2)cc1C. The smallest absolute Gasteiger partial charge is 0.127 e. The van der Waals surface area contributed by atoms with Gasteiger partial charge in [-0.05, 0) is 74.3 Å². The topological polar surface area (TPSA) is 21.3 Å². The Morgan fingerprint density at radius 3 is 2.16 bits per heavy atom. The van der Waals surface area contributed by atoms with Crippen LogP contribution in [0.15, 0.2) is 36.4 Å². The van der Waals surface area contributed by atoms with Gasteiger partial charge in [-0.3, -0.25) is 0 Å². The van der Waals surface area contributed by atoms with Crippen LogP contribution < -0.4 is 10.1 Å². The summed E-state index contributed by atoms with van der Waals surface area (Å²) in [6.45, 7) is 7.17. The normalized spacial score (nSPS) is 10.5. The Kier molecular flexibility index (Phi) is 4.23. The third-order valence-electron chi connectivity index (χ3n) is 3.11. The first kappa shape index (κ1) is 13.6. The summed E-state index contributed by atoms with van der Waals surface area (Å²) >= 11 is 0. The molecule has 0 aliphatic carbocycles. The first-order chi connectivity index (χ1) is 9.08. The zero-order chi connectivity index (χ0) is 13.8. The molecule has 0 radical (unpaired) electrons. The van der Waals surface area contributed by atoms with Gasteiger partial charge in [0.25, 0.3) is 0 Å². The summed E-state index contributed by atoms with van der Waals surface area (Å²) in [7, 11) is 1.96. The van der Waals surface area contributed by atoms with Crippen molar-refractivity contribution in [3.63, 3.8) is 0 Å². The van der Waals surface area contributed by atoms with E-state index in [2.05, 4.69) is 56.4 Å². The van der Waals surface area contributed by atoms with Crippen LogP contribution in [0.1, 0.15) is 22.3 Å². The number of benzene rings is 2. The zero-order valence-corrected chi connectivity index (χ0v) is 12.1. The number of hydrogen-bond acceptors (Lipinski definition) is 2. The molecule has 0 saturated heterocycles. The molecular weight excluding hydrogens is 234 g/mol. The van der Waals surface area contributed by atoms with Crippen molar-refractivity contribution in [2.24, 2.45) is 0 Å². The molecule has 2 nitrogen and oxygen atoms in total. The van der Waals surface area contributed by atoms with Gasteiger partial charge in [-0.2, -0.15) is 0 Å². The zero-order valence-electron chi connectivity index (χ0n) is 12.1. The minimum Gasteiger partial charge on any atom is -0.457 e. The predicted octanol–water partition coefficient (Wildman–Crippen LogP) is 4.12. The van der Waals surface area contributed by atoms with Gasteiger partial charge in [-0.15, -0.1) is 0 Å². The second-order valence-corrected chi connectivity index (χ2v) is 5.04. The molecule has 2 heteroatoms. The van der Waals surface area contributed by atoms with E-state index in [0.29, 0.717) is 0 Å². The first-order valence-electron chi connectivity index (χ1n) is 6.59. The van der Waals surface area contributed by atoms with E-state index in [0.717, 1.165) is 18.0 Å². The average Bonchev–Trinajstić information content (AvgIpc) is 2.31. The lowest BCUT2D eigenvalue weighted by atomic mass is 10.1. The molecule has 0 amide bonds. The molecule has 0 aliphatic heterocycles. The fourth-order valence-corrected chi connectivity index (χ4v) is 2.25. The molecule has 2 aromatic rings. The Balaban J connectivity index is 2.21. The van der Waals surface area contributed by atoms with E-state index >= 15 is 0 Å². The van der Waals surface area contributed by atoms with Crippen LogP contribution in [0.3, 0.4) is 0 Å². The van der Waals surface area contributed by atoms with Gasteiger partial charge < -0.3 is 10.1 Å². The first-order valence-corrected chi connectivity index (χ1v) is 6.59. The summed E-state index contributed by atoms with van der Waals surface area (Å²) in [5, 5.41) is 3.17. The van der Waals surface area contributed by atoms with Crippen molar-refractivity contribution in [3.05, 3.63) is 58.7 Å². The standard InChI is InChI=1S/C17H21NO/c1-12-7-13(2)9-17(8-12)19-16-6-5-15(11-18-4)14(3)10-16/h5-10,18H,11H2,1-4H3. The molecule has 19 heavy (non-hydrogen) atoms. The Bertz CT molecular complexity index is 555. The molecular formula is C17H21NO. The van der Waals surface area contributed by atoms with Crippen molar-refractivity contribution in [1.29, 1.82) is 0 Å². The summed E-state index contributed by atoms with van der Waals surface area (Å²) in [6.07, 6.45) is 0. The minimum absolute atomic E-state index is 0.885. The van der Waals surface area contributed by atoms with Crippen molar-refractivity contribution >= 4 is 0 Å². The van der Waals surface area contributed by atoms with Crippen molar-refractivity contribution < 1.29 is 4.74 Å². The average molecular weight is 255 g/mol. The van der Waals surface area contributed by atoms with Gasteiger partial charge in [-0.1, -0.05) is 12.1 Å². The van der Waals surface area contributed by atoms with Crippen LogP contribution in [-0.2, 0) is 6.54 Å². The highest BCUT2D eigenvalue weighted by atomic mass is 16.5. The molecule has 1 N–H and O–H groups in total. The lowest BCUT2D eigenvalue weighted by molar-refractivity contribution is 0.481. The number of nitrogens with one attached hydrogen (secondary N) is 1.